The summed E-state index contributed by atoms with van der Waals surface area (Å²) in [7, 11) is 0. The predicted molar refractivity (Wildman–Crippen MR) is 10.6 cm³/mol. The van der Waals surface area contributed by atoms with Crippen molar-refractivity contribution in [3.8, 4) is 0 Å². The normalized spacial score (nSPS) is 1.50. The molecule has 0 aromatic heterocycles. The molecule has 0 aliphatic carbocycles. The molecule has 0 saturated heterocycles. The third-order valence-corrected chi connectivity index (χ3v) is 0. The summed E-state index contributed by atoms with van der Waals surface area (Å²) in [6.07, 6.45) is 0. The Hall–Kier alpha value is 2.81. The van der Waals surface area contributed by atoms with Crippen LogP contribution in [0.5, 0.6) is 0 Å². The van der Waals surface area contributed by atoms with Gasteiger partial charge in [0.1, 0.15) is 0 Å². The number of hydrogen-bond acceptors (Lipinski definition) is 1. The molecule has 4 heteroatoms. The molecule has 0 N–H and O–H groups in total. The van der Waals surface area contributed by atoms with Crippen molar-refractivity contribution < 1.29 is 68.8 Å². The Morgan fingerprint density at radius 3 is 1.25 bits per heavy atom. The van der Waals surface area contributed by atoms with Gasteiger partial charge in [0.15, 0.2) is 0 Å². The van der Waals surface area contributed by atoms with E-state index in [1.807, 2.05) is 0 Å². The van der Waals surface area contributed by atoms with E-state index in [0.29, 0.717) is 0 Å². The van der Waals surface area contributed by atoms with Crippen LogP contribution in [0.3, 0.4) is 0 Å². The van der Waals surface area contributed by atoms with E-state index in [-0.39, 0.29) is 91.0 Å². The fourth-order valence-corrected chi connectivity index (χ4v) is 0. The molecule has 0 aromatic carbocycles. The van der Waals surface area contributed by atoms with Crippen LogP contribution in [0.4, 0.5) is 0 Å². The molecule has 1 nitrogen and oxygen atoms in total. The predicted octanol–water partition coefficient (Wildman–Crippen LogP) is -1.31. The van der Waals surface area contributed by atoms with Gasteiger partial charge in [0, 0.05) is 46.9 Å². The third-order valence-electron chi connectivity index (χ3n) is 0. The summed E-state index contributed by atoms with van der Waals surface area (Å²) >= 11 is 0.125. The topological polar surface area (TPSA) is 17.1 Å². The van der Waals surface area contributed by atoms with Crippen molar-refractivity contribution in [2.45, 2.75) is 0 Å². The van der Waals surface area contributed by atoms with Crippen molar-refractivity contribution in [2.24, 2.45) is 0 Å². The Bertz CT molecular complexity index is 8.00. The van der Waals surface area contributed by atoms with Crippen LogP contribution in [0.2, 0.25) is 0 Å². The van der Waals surface area contributed by atoms with Crippen molar-refractivity contribution in [3.63, 3.8) is 0 Å². The average Bonchev–Trinajstić information content (AvgIpc) is 1.00. The zero-order valence-electron chi connectivity index (χ0n) is 1.38. The third kappa shape index (κ3) is 8.84. The van der Waals surface area contributed by atoms with Gasteiger partial charge in [0.2, 0.25) is 0 Å². The summed E-state index contributed by atoms with van der Waals surface area (Å²) in [5.74, 6) is 0. The first-order valence-electron chi connectivity index (χ1n) is 0.289. The Kier molecular flexibility index (Phi) is 67.4. The Morgan fingerprint density at radius 1 is 1.25 bits per heavy atom. The molecule has 0 atom stereocenters. The molecular weight excluding hydrogens is 369 g/mol. The maximum Gasteiger partial charge on any atom is 0 e. The van der Waals surface area contributed by atoms with E-state index in [1.165, 1.54) is 0 Å². The summed E-state index contributed by atoms with van der Waals surface area (Å²) in [6.45, 7) is 0. The SMILES string of the molecule is [InH3].[O]=[Zn].[Yb]. The van der Waals surface area contributed by atoms with Crippen LogP contribution >= 0.6 is 0 Å². The molecule has 28 valence electrons. The van der Waals surface area contributed by atoms with Gasteiger partial charge in [-0.05, 0) is 0 Å². The molecule has 4 heavy (non-hydrogen) atoms. The minimum atomic E-state index is 0. The quantitative estimate of drug-likeness (QED) is 0.483. The standard InChI is InChI=1S/In.O.Yb.Zn.3H. The number of rotatable bonds is 0. The van der Waals surface area contributed by atoms with E-state index in [2.05, 4.69) is 0 Å². The van der Waals surface area contributed by atoms with Crippen molar-refractivity contribution >= 4 is 25.8 Å². The van der Waals surface area contributed by atoms with Gasteiger partial charge in [-0.15, -0.1) is 0 Å². The second-order valence-corrected chi connectivity index (χ2v) is 0. The van der Waals surface area contributed by atoms with Gasteiger partial charge in [-0.3, -0.25) is 0 Å². The van der Waals surface area contributed by atoms with E-state index >= 15 is 0 Å². The van der Waals surface area contributed by atoms with Gasteiger partial charge < -0.3 is 0 Å². The maximum atomic E-state index is 8.38. The summed E-state index contributed by atoms with van der Waals surface area (Å²) in [5, 5.41) is 0. The molecule has 0 bridgehead atoms. The minimum absolute atomic E-state index is 0. The van der Waals surface area contributed by atoms with Crippen LogP contribution in [-0.4, -0.2) is 25.8 Å². The first kappa shape index (κ1) is 15.8. The van der Waals surface area contributed by atoms with Gasteiger partial charge in [0.05, 0.1) is 0 Å². The fraction of sp³-hybridized carbons (Fsp3) is 0. The minimum Gasteiger partial charge on any atom is 0 e. The molecule has 0 heterocycles. The summed E-state index contributed by atoms with van der Waals surface area (Å²) < 4.78 is 8.38. The molecule has 0 aliphatic heterocycles. The molecule has 0 radical (unpaired) electrons. The van der Waals surface area contributed by atoms with Gasteiger partial charge in [0.25, 0.3) is 0 Å². The molecule has 0 saturated carbocycles. The van der Waals surface area contributed by atoms with Gasteiger partial charge in [-0.1, -0.05) is 0 Å². The van der Waals surface area contributed by atoms with Gasteiger partial charge in [-0.2, -0.15) is 0 Å². The van der Waals surface area contributed by atoms with Gasteiger partial charge >= 0.3 is 47.7 Å². The zero-order chi connectivity index (χ0) is 2.00. The molecule has 0 amide bonds. The summed E-state index contributed by atoms with van der Waals surface area (Å²) in [5.41, 5.74) is 0. The molecule has 0 unspecified atom stereocenters. The smallest absolute Gasteiger partial charge is 0 e. The van der Waals surface area contributed by atoms with Crippen molar-refractivity contribution in [2.75, 3.05) is 0 Å². The first-order valence-corrected chi connectivity index (χ1v) is 1.50. The van der Waals surface area contributed by atoms with Crippen LogP contribution in [0.15, 0.2) is 0 Å². The molecule has 0 aliphatic rings. The zero-order valence-corrected chi connectivity index (χ0v) is 6.06. The Balaban J connectivity index is -0.00000000500. The van der Waals surface area contributed by atoms with E-state index in [4.69, 9.17) is 3.57 Å². The molecular formula is H3InOYbZn. The first-order chi connectivity index (χ1) is 1.00. The summed E-state index contributed by atoms with van der Waals surface area (Å²) in [4.78, 5) is 0. The molecule has 0 aromatic rings. The Labute approximate surface area is 92.3 Å². The van der Waals surface area contributed by atoms with Crippen molar-refractivity contribution in [1.29, 1.82) is 0 Å². The number of hydrogen-bond donors (Lipinski definition) is 0. The maximum absolute atomic E-state index is 8.38. The van der Waals surface area contributed by atoms with Crippen LogP contribution in [0.25, 0.3) is 0 Å². The second-order valence-electron chi connectivity index (χ2n) is 0. The van der Waals surface area contributed by atoms with E-state index in [0.717, 1.165) is 0 Å². The van der Waals surface area contributed by atoms with Crippen molar-refractivity contribution in [1.82, 2.24) is 0 Å². The van der Waals surface area contributed by atoms with Gasteiger partial charge in [-0.25, -0.2) is 0 Å². The van der Waals surface area contributed by atoms with E-state index in [9.17, 15) is 0 Å². The molecule has 0 spiro atoms. The average molecular weight is 372 g/mol. The second kappa shape index (κ2) is 17.0. The van der Waals surface area contributed by atoms with Crippen molar-refractivity contribution in [3.05, 3.63) is 0 Å². The largest absolute Gasteiger partial charge is 0 e. The van der Waals surface area contributed by atoms with Crippen LogP contribution in [0, 0.1) is 46.9 Å². The Morgan fingerprint density at radius 2 is 1.25 bits per heavy atom. The van der Waals surface area contributed by atoms with E-state index in [1.54, 1.807) is 0 Å². The monoisotopic (exact) mass is 372 g/mol. The summed E-state index contributed by atoms with van der Waals surface area (Å²) in [6, 6.07) is 0. The van der Waals surface area contributed by atoms with Crippen LogP contribution in [-0.2, 0) is 21.8 Å². The van der Waals surface area contributed by atoms with Crippen LogP contribution < -0.4 is 0 Å². The van der Waals surface area contributed by atoms with Crippen LogP contribution in [0.1, 0.15) is 0 Å². The fourth-order valence-electron chi connectivity index (χ4n) is 0. The van der Waals surface area contributed by atoms with E-state index < -0.39 is 0 Å². The molecule has 0 rings (SSSR count). The molecule has 0 fully saturated rings.